The van der Waals surface area contributed by atoms with Crippen LogP contribution in [0.1, 0.15) is 50.3 Å². The van der Waals surface area contributed by atoms with Crippen molar-refractivity contribution in [2.45, 2.75) is 59.0 Å². The number of rotatable bonds is 6. The minimum absolute atomic E-state index is 0.0957. The van der Waals surface area contributed by atoms with Gasteiger partial charge >= 0.3 is 0 Å². The first-order chi connectivity index (χ1) is 14.5. The van der Waals surface area contributed by atoms with Crippen LogP contribution >= 0.6 is 0 Å². The number of benzene rings is 1. The van der Waals surface area contributed by atoms with Crippen LogP contribution in [0, 0.1) is 19.8 Å². The van der Waals surface area contributed by atoms with Gasteiger partial charge in [-0.3, -0.25) is 4.79 Å². The van der Waals surface area contributed by atoms with Gasteiger partial charge < -0.3 is 14.5 Å². The summed E-state index contributed by atoms with van der Waals surface area (Å²) in [6.45, 7) is 10.3. The van der Waals surface area contributed by atoms with E-state index in [4.69, 9.17) is 14.7 Å². The molecule has 2 aromatic rings. The Kier molecular flexibility index (Phi) is 6.52. The summed E-state index contributed by atoms with van der Waals surface area (Å²) < 4.78 is 5.78. The van der Waals surface area contributed by atoms with Crippen molar-refractivity contribution in [1.29, 1.82) is 0 Å². The van der Waals surface area contributed by atoms with Crippen molar-refractivity contribution < 1.29 is 9.53 Å². The summed E-state index contributed by atoms with van der Waals surface area (Å²) >= 11 is 0. The van der Waals surface area contributed by atoms with Crippen LogP contribution in [0.2, 0.25) is 0 Å². The first kappa shape index (κ1) is 21.0. The van der Waals surface area contributed by atoms with E-state index in [2.05, 4.69) is 48.8 Å². The maximum Gasteiger partial charge on any atom is 0.226 e. The fourth-order valence-electron chi connectivity index (χ4n) is 4.70. The van der Waals surface area contributed by atoms with Crippen molar-refractivity contribution in [1.82, 2.24) is 14.9 Å². The maximum atomic E-state index is 13.2. The van der Waals surface area contributed by atoms with E-state index in [1.807, 2.05) is 0 Å². The fourth-order valence-corrected chi connectivity index (χ4v) is 4.70. The monoisotopic (exact) mass is 410 g/mol. The second-order valence-corrected chi connectivity index (χ2v) is 8.81. The number of hydrogen-bond donors (Lipinski definition) is 0. The lowest BCUT2D eigenvalue weighted by molar-refractivity contribution is -0.137. The predicted octanol–water partition coefficient (Wildman–Crippen LogP) is 3.88. The summed E-state index contributed by atoms with van der Waals surface area (Å²) in [5.41, 5.74) is 3.23. The molecule has 6 heteroatoms. The molecule has 0 bridgehead atoms. The van der Waals surface area contributed by atoms with Gasteiger partial charge in [0.2, 0.25) is 11.9 Å². The second kappa shape index (κ2) is 9.29. The van der Waals surface area contributed by atoms with E-state index in [1.54, 1.807) is 0 Å². The Hall–Kier alpha value is -2.21. The van der Waals surface area contributed by atoms with Crippen LogP contribution in [0.3, 0.4) is 0 Å². The minimum Gasteiger partial charge on any atom is -0.376 e. The highest BCUT2D eigenvalue weighted by Gasteiger charge is 2.31. The average molecular weight is 411 g/mol. The predicted molar refractivity (Wildman–Crippen MR) is 120 cm³/mol. The topological polar surface area (TPSA) is 58.6 Å². The standard InChI is InChI=1S/C24H34N4O2/c1-4-11-28(16-20-6-5-14-30-20)23(29)19-9-12-27(13-10-19)24-25-18(3)21-15-17(2)7-8-22(21)26-24/h7-8,15,19-20H,4-6,9-14,16H2,1-3H3/t20-/m1/s1. The van der Waals surface area contributed by atoms with Gasteiger partial charge in [0.1, 0.15) is 0 Å². The molecule has 1 aromatic heterocycles. The van der Waals surface area contributed by atoms with Crippen molar-refractivity contribution in [3.8, 4) is 0 Å². The first-order valence-electron chi connectivity index (χ1n) is 11.5. The summed E-state index contributed by atoms with van der Waals surface area (Å²) in [6.07, 6.45) is 5.11. The fraction of sp³-hybridized carbons (Fsp3) is 0.625. The van der Waals surface area contributed by atoms with Gasteiger partial charge in [-0.25, -0.2) is 9.97 Å². The quantitative estimate of drug-likeness (QED) is 0.723. The lowest BCUT2D eigenvalue weighted by atomic mass is 9.95. The molecule has 0 saturated carbocycles. The van der Waals surface area contributed by atoms with Crippen molar-refractivity contribution in [3.05, 3.63) is 29.5 Å². The molecule has 4 rings (SSSR count). The van der Waals surface area contributed by atoms with Crippen LogP contribution < -0.4 is 4.90 Å². The largest absolute Gasteiger partial charge is 0.376 e. The molecular formula is C24H34N4O2. The third-order valence-electron chi connectivity index (χ3n) is 6.41. The Morgan fingerprint density at radius 1 is 1.20 bits per heavy atom. The van der Waals surface area contributed by atoms with Crippen molar-refractivity contribution >= 4 is 22.8 Å². The number of fused-ring (bicyclic) bond motifs is 1. The molecular weight excluding hydrogens is 376 g/mol. The molecule has 0 N–H and O–H groups in total. The lowest BCUT2D eigenvalue weighted by Crippen LogP contribution is -2.45. The van der Waals surface area contributed by atoms with Crippen LogP contribution in [0.4, 0.5) is 5.95 Å². The second-order valence-electron chi connectivity index (χ2n) is 8.81. The van der Waals surface area contributed by atoms with E-state index in [-0.39, 0.29) is 12.0 Å². The summed E-state index contributed by atoms with van der Waals surface area (Å²) in [4.78, 5) is 27.1. The number of hydrogen-bond acceptors (Lipinski definition) is 5. The molecule has 2 fully saturated rings. The zero-order valence-electron chi connectivity index (χ0n) is 18.6. The molecule has 2 aliphatic heterocycles. The normalized spacial score (nSPS) is 20.1. The first-order valence-corrected chi connectivity index (χ1v) is 11.5. The van der Waals surface area contributed by atoms with Crippen molar-refractivity contribution in [2.24, 2.45) is 5.92 Å². The van der Waals surface area contributed by atoms with E-state index < -0.39 is 0 Å². The molecule has 1 atom stereocenters. The Morgan fingerprint density at radius 3 is 2.70 bits per heavy atom. The molecule has 0 aliphatic carbocycles. The van der Waals surface area contributed by atoms with Crippen LogP contribution in [0.25, 0.3) is 10.9 Å². The van der Waals surface area contributed by atoms with E-state index in [9.17, 15) is 4.79 Å². The van der Waals surface area contributed by atoms with Gasteiger partial charge in [-0.2, -0.15) is 0 Å². The number of aryl methyl sites for hydroxylation is 2. The molecule has 0 radical (unpaired) electrons. The molecule has 30 heavy (non-hydrogen) atoms. The molecule has 6 nitrogen and oxygen atoms in total. The molecule has 1 aromatic carbocycles. The highest BCUT2D eigenvalue weighted by molar-refractivity contribution is 5.82. The smallest absolute Gasteiger partial charge is 0.226 e. The number of carbonyl (C=O) groups is 1. The lowest BCUT2D eigenvalue weighted by Gasteiger charge is -2.35. The highest BCUT2D eigenvalue weighted by Crippen LogP contribution is 2.26. The summed E-state index contributed by atoms with van der Waals surface area (Å²) in [7, 11) is 0. The minimum atomic E-state index is 0.0957. The van der Waals surface area contributed by atoms with Crippen molar-refractivity contribution in [2.75, 3.05) is 37.7 Å². The zero-order chi connectivity index (χ0) is 21.1. The molecule has 2 saturated heterocycles. The van der Waals surface area contributed by atoms with E-state index in [0.29, 0.717) is 5.91 Å². The molecule has 162 valence electrons. The van der Waals surface area contributed by atoms with Gasteiger partial charge in [-0.1, -0.05) is 18.6 Å². The summed E-state index contributed by atoms with van der Waals surface area (Å²) in [6, 6.07) is 6.32. The number of ether oxygens (including phenoxy) is 1. The molecule has 2 aliphatic rings. The van der Waals surface area contributed by atoms with Crippen LogP contribution in [-0.2, 0) is 9.53 Å². The van der Waals surface area contributed by atoms with Gasteiger partial charge in [0.05, 0.1) is 17.3 Å². The highest BCUT2D eigenvalue weighted by atomic mass is 16.5. The zero-order valence-corrected chi connectivity index (χ0v) is 18.6. The third-order valence-corrected chi connectivity index (χ3v) is 6.41. The summed E-state index contributed by atoms with van der Waals surface area (Å²) in [5.74, 6) is 1.19. The molecule has 0 spiro atoms. The Balaban J connectivity index is 1.40. The van der Waals surface area contributed by atoms with Gasteiger partial charge in [0, 0.05) is 44.1 Å². The number of anilines is 1. The average Bonchev–Trinajstić information content (AvgIpc) is 3.27. The van der Waals surface area contributed by atoms with E-state index in [0.717, 1.165) is 87.4 Å². The van der Waals surface area contributed by atoms with Gasteiger partial charge in [-0.15, -0.1) is 0 Å². The number of carbonyl (C=O) groups excluding carboxylic acids is 1. The van der Waals surface area contributed by atoms with Gasteiger partial charge in [0.15, 0.2) is 0 Å². The van der Waals surface area contributed by atoms with Crippen molar-refractivity contribution in [3.63, 3.8) is 0 Å². The van der Waals surface area contributed by atoms with Crippen LogP contribution in [0.15, 0.2) is 18.2 Å². The molecule has 0 unspecified atom stereocenters. The third kappa shape index (κ3) is 4.59. The van der Waals surface area contributed by atoms with Gasteiger partial charge in [0.25, 0.3) is 0 Å². The van der Waals surface area contributed by atoms with Crippen LogP contribution in [0.5, 0.6) is 0 Å². The number of piperidine rings is 1. The van der Waals surface area contributed by atoms with E-state index in [1.165, 1.54) is 5.56 Å². The van der Waals surface area contributed by atoms with E-state index >= 15 is 0 Å². The van der Waals surface area contributed by atoms with Gasteiger partial charge in [-0.05, 0) is 58.1 Å². The SMILES string of the molecule is CCCN(C[C@H]1CCCO1)C(=O)C1CCN(c2nc(C)c3cc(C)ccc3n2)CC1. The molecule has 3 heterocycles. The Bertz CT molecular complexity index is 886. The number of amides is 1. The van der Waals surface area contributed by atoms with Crippen LogP contribution in [-0.4, -0.2) is 59.7 Å². The number of aromatic nitrogens is 2. The Labute approximate surface area is 179 Å². The molecule has 1 amide bonds. The maximum absolute atomic E-state index is 13.2. The summed E-state index contributed by atoms with van der Waals surface area (Å²) in [5, 5.41) is 1.12. The Morgan fingerprint density at radius 2 is 2.00 bits per heavy atom. The number of nitrogens with zero attached hydrogens (tertiary/aromatic N) is 4.